The summed E-state index contributed by atoms with van der Waals surface area (Å²) in [4.78, 5) is 24.4. The Morgan fingerprint density at radius 2 is 1.88 bits per heavy atom. The number of thioether (sulfide) groups is 1. The van der Waals surface area contributed by atoms with E-state index in [4.69, 9.17) is 0 Å². The quantitative estimate of drug-likeness (QED) is 0.413. The van der Waals surface area contributed by atoms with Crippen LogP contribution in [0.2, 0.25) is 0 Å². The van der Waals surface area contributed by atoms with Crippen LogP contribution in [0, 0.1) is 31.3 Å². The smallest absolute Gasteiger partial charge is 0.243 e. The van der Waals surface area contributed by atoms with Gasteiger partial charge in [-0.05, 0) is 44.5 Å². The molecule has 0 bridgehead atoms. The maximum absolute atomic E-state index is 13.7. The first-order valence-corrected chi connectivity index (χ1v) is 10.4. The van der Waals surface area contributed by atoms with Crippen molar-refractivity contribution in [2.24, 2.45) is 0 Å². The number of amides is 2. The molecule has 0 aliphatic carbocycles. The minimum atomic E-state index is -1.69. The third-order valence-corrected chi connectivity index (χ3v) is 5.57. The van der Waals surface area contributed by atoms with Gasteiger partial charge in [-0.15, -0.1) is 10.2 Å². The number of rotatable bonds is 7. The Morgan fingerprint density at radius 3 is 2.59 bits per heavy atom. The normalized spacial score (nSPS) is 11.8. The Bertz CT molecular complexity index is 1170. The zero-order valence-electron chi connectivity index (χ0n) is 17.4. The number of carbonyl (C=O) groups is 2. The molecular formula is C21H20F3N5O2S. The Balaban J connectivity index is 1.59. The number of aryl methyl sites for hydroxylation is 2. The van der Waals surface area contributed by atoms with Crippen LogP contribution in [-0.4, -0.2) is 38.4 Å². The van der Waals surface area contributed by atoms with Crippen LogP contribution >= 0.6 is 11.8 Å². The van der Waals surface area contributed by atoms with Gasteiger partial charge in [-0.2, -0.15) is 0 Å². The highest BCUT2D eigenvalue weighted by atomic mass is 32.2. The minimum absolute atomic E-state index is 0.467. The predicted molar refractivity (Wildman–Crippen MR) is 114 cm³/mol. The topological polar surface area (TPSA) is 88.9 Å². The van der Waals surface area contributed by atoms with E-state index >= 15 is 0 Å². The summed E-state index contributed by atoms with van der Waals surface area (Å²) in [6.07, 6.45) is 1.55. The monoisotopic (exact) mass is 463 g/mol. The van der Waals surface area contributed by atoms with Crippen molar-refractivity contribution in [3.63, 3.8) is 0 Å². The molecule has 168 valence electrons. The minimum Gasteiger partial charge on any atom is -0.346 e. The Hall–Kier alpha value is -3.34. The van der Waals surface area contributed by atoms with Gasteiger partial charge in [0.25, 0.3) is 0 Å². The number of benzene rings is 2. The highest BCUT2D eigenvalue weighted by molar-refractivity contribution is 8.00. The average molecular weight is 463 g/mol. The molecule has 32 heavy (non-hydrogen) atoms. The summed E-state index contributed by atoms with van der Waals surface area (Å²) in [6.45, 7) is 5.10. The van der Waals surface area contributed by atoms with Crippen molar-refractivity contribution in [2.75, 3.05) is 11.9 Å². The molecule has 0 fully saturated rings. The average Bonchev–Trinajstić information content (AvgIpc) is 3.20. The molecule has 2 amide bonds. The van der Waals surface area contributed by atoms with Gasteiger partial charge in [0.15, 0.2) is 22.6 Å². The molecule has 1 heterocycles. The van der Waals surface area contributed by atoms with Crippen molar-refractivity contribution >= 4 is 29.3 Å². The molecule has 2 aromatic carbocycles. The SMILES string of the molecule is Cc1ccc(-n2cnnc2SC(C)C(=O)NCC(=O)Nc2ccc(F)c(F)c2F)c(C)c1. The van der Waals surface area contributed by atoms with Crippen LogP contribution in [0.15, 0.2) is 41.8 Å². The second kappa shape index (κ2) is 9.86. The van der Waals surface area contributed by atoms with Gasteiger partial charge in [-0.3, -0.25) is 14.2 Å². The molecule has 0 aliphatic rings. The number of aromatic nitrogens is 3. The highest BCUT2D eigenvalue weighted by Crippen LogP contribution is 2.26. The fourth-order valence-electron chi connectivity index (χ4n) is 2.89. The van der Waals surface area contributed by atoms with Crippen molar-refractivity contribution < 1.29 is 22.8 Å². The zero-order chi connectivity index (χ0) is 23.4. The lowest BCUT2D eigenvalue weighted by Gasteiger charge is -2.14. The summed E-state index contributed by atoms with van der Waals surface area (Å²) >= 11 is 1.15. The maximum Gasteiger partial charge on any atom is 0.243 e. The van der Waals surface area contributed by atoms with Gasteiger partial charge in [0, 0.05) is 0 Å². The molecule has 11 heteroatoms. The van der Waals surface area contributed by atoms with Gasteiger partial charge in [0.2, 0.25) is 11.8 Å². The maximum atomic E-state index is 13.7. The number of hydrogen-bond donors (Lipinski definition) is 2. The van der Waals surface area contributed by atoms with E-state index in [1.165, 1.54) is 0 Å². The first-order chi connectivity index (χ1) is 15.2. The van der Waals surface area contributed by atoms with Crippen molar-refractivity contribution in [2.45, 2.75) is 31.2 Å². The van der Waals surface area contributed by atoms with Crippen LogP contribution in [0.25, 0.3) is 5.69 Å². The number of anilines is 1. The highest BCUT2D eigenvalue weighted by Gasteiger charge is 2.20. The van der Waals surface area contributed by atoms with E-state index in [-0.39, 0.29) is 0 Å². The van der Waals surface area contributed by atoms with Crippen LogP contribution in [0.5, 0.6) is 0 Å². The van der Waals surface area contributed by atoms with Crippen molar-refractivity contribution in [1.82, 2.24) is 20.1 Å². The molecule has 1 unspecified atom stereocenters. The molecular weight excluding hydrogens is 443 g/mol. The Labute approximate surface area is 186 Å². The molecule has 0 spiro atoms. The lowest BCUT2D eigenvalue weighted by molar-refractivity contribution is -0.123. The van der Waals surface area contributed by atoms with Gasteiger partial charge in [0.05, 0.1) is 23.2 Å². The molecule has 0 aliphatic heterocycles. The first-order valence-electron chi connectivity index (χ1n) is 9.52. The van der Waals surface area contributed by atoms with Gasteiger partial charge in [0.1, 0.15) is 6.33 Å². The number of hydrogen-bond acceptors (Lipinski definition) is 5. The zero-order valence-corrected chi connectivity index (χ0v) is 18.3. The molecule has 3 aromatic rings. The Morgan fingerprint density at radius 1 is 1.12 bits per heavy atom. The van der Waals surface area contributed by atoms with Crippen LogP contribution in [0.3, 0.4) is 0 Å². The summed E-state index contributed by atoms with van der Waals surface area (Å²) in [5, 5.41) is 12.4. The van der Waals surface area contributed by atoms with E-state index in [0.29, 0.717) is 11.2 Å². The lowest BCUT2D eigenvalue weighted by Crippen LogP contribution is -2.37. The standard InChI is InChI=1S/C21H20F3N5O2S/c1-11-4-7-16(12(2)8-11)29-10-26-28-21(29)32-13(3)20(31)25-9-17(30)27-15-6-5-14(22)18(23)19(15)24/h4-8,10,13H,9H2,1-3H3,(H,25,31)(H,27,30). The number of nitrogens with zero attached hydrogens (tertiary/aromatic N) is 3. The molecule has 1 aromatic heterocycles. The van der Waals surface area contributed by atoms with Crippen LogP contribution < -0.4 is 10.6 Å². The lowest BCUT2D eigenvalue weighted by atomic mass is 10.1. The van der Waals surface area contributed by atoms with E-state index < -0.39 is 46.7 Å². The van der Waals surface area contributed by atoms with Crippen LogP contribution in [0.1, 0.15) is 18.1 Å². The van der Waals surface area contributed by atoms with Crippen molar-refractivity contribution in [3.8, 4) is 5.69 Å². The van der Waals surface area contributed by atoms with Gasteiger partial charge in [-0.25, -0.2) is 13.2 Å². The predicted octanol–water partition coefficient (Wildman–Crippen LogP) is 3.54. The van der Waals surface area contributed by atoms with Gasteiger partial charge < -0.3 is 10.6 Å². The van der Waals surface area contributed by atoms with E-state index in [1.807, 2.05) is 32.0 Å². The van der Waals surface area contributed by atoms with Crippen molar-refractivity contribution in [1.29, 1.82) is 0 Å². The van der Waals surface area contributed by atoms with E-state index in [0.717, 1.165) is 34.6 Å². The number of carbonyl (C=O) groups excluding carboxylic acids is 2. The van der Waals surface area contributed by atoms with Gasteiger partial charge >= 0.3 is 0 Å². The van der Waals surface area contributed by atoms with Crippen molar-refractivity contribution in [3.05, 3.63) is 65.2 Å². The van der Waals surface area contributed by atoms with E-state index in [1.54, 1.807) is 17.8 Å². The van der Waals surface area contributed by atoms with Crippen LogP contribution in [0.4, 0.5) is 18.9 Å². The summed E-state index contributed by atoms with van der Waals surface area (Å²) in [5.41, 5.74) is 2.49. The molecule has 0 saturated heterocycles. The molecule has 1 atom stereocenters. The third-order valence-electron chi connectivity index (χ3n) is 4.51. The fraction of sp³-hybridized carbons (Fsp3) is 0.238. The second-order valence-electron chi connectivity index (χ2n) is 7.02. The first kappa shape index (κ1) is 23.3. The third kappa shape index (κ3) is 5.28. The molecule has 2 N–H and O–H groups in total. The molecule has 0 radical (unpaired) electrons. The second-order valence-corrected chi connectivity index (χ2v) is 8.33. The largest absolute Gasteiger partial charge is 0.346 e. The summed E-state index contributed by atoms with van der Waals surface area (Å²) in [6, 6.07) is 7.50. The molecule has 0 saturated carbocycles. The Kier molecular flexibility index (Phi) is 7.18. The van der Waals surface area contributed by atoms with Crippen LogP contribution in [-0.2, 0) is 9.59 Å². The summed E-state index contributed by atoms with van der Waals surface area (Å²) in [7, 11) is 0. The summed E-state index contributed by atoms with van der Waals surface area (Å²) in [5.74, 6) is -5.83. The molecule has 3 rings (SSSR count). The number of nitrogens with one attached hydrogen (secondary N) is 2. The number of halogens is 3. The fourth-order valence-corrected chi connectivity index (χ4v) is 3.75. The van der Waals surface area contributed by atoms with E-state index in [9.17, 15) is 22.8 Å². The van der Waals surface area contributed by atoms with E-state index in [2.05, 4.69) is 20.8 Å². The molecule has 7 nitrogen and oxygen atoms in total. The van der Waals surface area contributed by atoms with Gasteiger partial charge in [-0.1, -0.05) is 29.5 Å². The summed E-state index contributed by atoms with van der Waals surface area (Å²) < 4.78 is 41.6.